The van der Waals surface area contributed by atoms with E-state index in [-0.39, 0.29) is 24.2 Å². The molecule has 0 bridgehead atoms. The monoisotopic (exact) mass is 396 g/mol. The van der Waals surface area contributed by atoms with Gasteiger partial charge in [-0.3, -0.25) is 14.4 Å². The van der Waals surface area contributed by atoms with Crippen LogP contribution in [0, 0.1) is 12.8 Å². The van der Waals surface area contributed by atoms with Crippen molar-refractivity contribution in [2.24, 2.45) is 5.92 Å². The van der Waals surface area contributed by atoms with Crippen molar-refractivity contribution in [3.05, 3.63) is 65.2 Å². The number of benzene rings is 2. The highest BCUT2D eigenvalue weighted by atomic mass is 16.4. The van der Waals surface area contributed by atoms with Gasteiger partial charge in [-0.15, -0.1) is 0 Å². The summed E-state index contributed by atoms with van der Waals surface area (Å²) in [6, 6.07) is 13.7. The third kappa shape index (κ3) is 7.07. The first-order valence-electron chi connectivity index (χ1n) is 9.74. The molecule has 2 rings (SSSR count). The maximum absolute atomic E-state index is 12.9. The first kappa shape index (κ1) is 22.1. The third-order valence-corrected chi connectivity index (χ3v) is 4.54. The molecule has 0 aromatic heterocycles. The van der Waals surface area contributed by atoms with E-state index < -0.39 is 12.0 Å². The summed E-state index contributed by atoms with van der Waals surface area (Å²) in [5.41, 5.74) is 2.80. The summed E-state index contributed by atoms with van der Waals surface area (Å²) in [5.74, 6) is -1.23. The summed E-state index contributed by atoms with van der Waals surface area (Å²) in [4.78, 5) is 36.3. The normalized spacial score (nSPS) is 11.7. The molecule has 1 unspecified atom stereocenters. The molecule has 1 atom stereocenters. The summed E-state index contributed by atoms with van der Waals surface area (Å²) >= 11 is 0. The first-order valence-corrected chi connectivity index (χ1v) is 9.74. The van der Waals surface area contributed by atoms with Gasteiger partial charge >= 0.3 is 5.97 Å². The fourth-order valence-corrected chi connectivity index (χ4v) is 3.05. The van der Waals surface area contributed by atoms with Crippen LogP contribution in [0.2, 0.25) is 0 Å². The zero-order valence-corrected chi connectivity index (χ0v) is 17.1. The lowest BCUT2D eigenvalue weighted by atomic mass is 10.0. The van der Waals surface area contributed by atoms with Gasteiger partial charge in [0.25, 0.3) is 5.91 Å². The number of nitrogens with one attached hydrogen (secondary N) is 2. The number of aryl methyl sites for hydroxylation is 2. The van der Waals surface area contributed by atoms with Crippen LogP contribution in [0.15, 0.2) is 48.5 Å². The van der Waals surface area contributed by atoms with Gasteiger partial charge in [0, 0.05) is 17.7 Å². The topological polar surface area (TPSA) is 95.5 Å². The van der Waals surface area contributed by atoms with E-state index in [0.29, 0.717) is 24.1 Å². The number of hydrogen-bond acceptors (Lipinski definition) is 3. The predicted octanol–water partition coefficient (Wildman–Crippen LogP) is 3.80. The van der Waals surface area contributed by atoms with Crippen molar-refractivity contribution in [2.45, 2.75) is 46.1 Å². The Morgan fingerprint density at radius 1 is 1.03 bits per heavy atom. The Morgan fingerprint density at radius 2 is 1.76 bits per heavy atom. The molecule has 6 nitrogen and oxygen atoms in total. The molecular formula is C23H28N2O4. The average molecular weight is 396 g/mol. The van der Waals surface area contributed by atoms with E-state index in [9.17, 15) is 14.4 Å². The molecule has 0 radical (unpaired) electrons. The lowest BCUT2D eigenvalue weighted by molar-refractivity contribution is -0.137. The lowest BCUT2D eigenvalue weighted by Crippen LogP contribution is -2.44. The van der Waals surface area contributed by atoms with Gasteiger partial charge in [0.15, 0.2) is 0 Å². The second-order valence-corrected chi connectivity index (χ2v) is 7.55. The molecule has 3 N–H and O–H groups in total. The smallest absolute Gasteiger partial charge is 0.303 e. The number of carboxylic acids is 1. The average Bonchev–Trinajstić information content (AvgIpc) is 2.66. The van der Waals surface area contributed by atoms with Gasteiger partial charge in [0.2, 0.25) is 5.91 Å². The third-order valence-electron chi connectivity index (χ3n) is 4.54. The SMILES string of the molecule is Cc1ccccc1C(=O)NC(CC(C)C)C(=O)Nc1cccc(CCC(=O)O)c1. The number of anilines is 1. The maximum Gasteiger partial charge on any atom is 0.303 e. The summed E-state index contributed by atoms with van der Waals surface area (Å²) in [5, 5.41) is 14.5. The number of amides is 2. The molecule has 0 fully saturated rings. The van der Waals surface area contributed by atoms with Gasteiger partial charge in [-0.05, 0) is 55.0 Å². The van der Waals surface area contributed by atoms with E-state index in [0.717, 1.165) is 11.1 Å². The minimum absolute atomic E-state index is 0.0276. The van der Waals surface area contributed by atoms with E-state index in [1.165, 1.54) is 0 Å². The van der Waals surface area contributed by atoms with Crippen LogP contribution in [0.25, 0.3) is 0 Å². The number of hydrogen-bond donors (Lipinski definition) is 3. The highest BCUT2D eigenvalue weighted by Crippen LogP contribution is 2.15. The fourth-order valence-electron chi connectivity index (χ4n) is 3.05. The first-order chi connectivity index (χ1) is 13.8. The Kier molecular flexibility index (Phi) is 7.95. The van der Waals surface area contributed by atoms with Gasteiger partial charge < -0.3 is 15.7 Å². The van der Waals surface area contributed by atoms with E-state index in [4.69, 9.17) is 5.11 Å². The van der Waals surface area contributed by atoms with E-state index in [1.807, 2.05) is 39.0 Å². The molecule has 154 valence electrons. The number of carboxylic acid groups (broad SMARTS) is 1. The van der Waals surface area contributed by atoms with E-state index in [1.54, 1.807) is 30.3 Å². The van der Waals surface area contributed by atoms with Crippen molar-refractivity contribution in [3.8, 4) is 0 Å². The minimum atomic E-state index is -0.865. The fraction of sp³-hybridized carbons (Fsp3) is 0.348. The summed E-state index contributed by atoms with van der Waals surface area (Å²) < 4.78 is 0. The van der Waals surface area contributed by atoms with Gasteiger partial charge in [-0.2, -0.15) is 0 Å². The second-order valence-electron chi connectivity index (χ2n) is 7.55. The molecule has 6 heteroatoms. The summed E-state index contributed by atoms with van der Waals surface area (Å²) in [7, 11) is 0. The van der Waals surface area contributed by atoms with Crippen LogP contribution in [0.5, 0.6) is 0 Å². The molecule has 0 aliphatic rings. The van der Waals surface area contributed by atoms with Crippen LogP contribution in [0.3, 0.4) is 0 Å². The number of rotatable bonds is 9. The molecular weight excluding hydrogens is 368 g/mol. The highest BCUT2D eigenvalue weighted by Gasteiger charge is 2.23. The Morgan fingerprint density at radius 3 is 2.41 bits per heavy atom. The zero-order chi connectivity index (χ0) is 21.4. The molecule has 0 spiro atoms. The van der Waals surface area contributed by atoms with Crippen molar-refractivity contribution < 1.29 is 19.5 Å². The van der Waals surface area contributed by atoms with Gasteiger partial charge in [-0.25, -0.2) is 0 Å². The summed E-state index contributed by atoms with van der Waals surface area (Å²) in [6.07, 6.45) is 0.917. The molecule has 0 aliphatic heterocycles. The number of aliphatic carboxylic acids is 1. The van der Waals surface area contributed by atoms with Crippen molar-refractivity contribution in [2.75, 3.05) is 5.32 Å². The van der Waals surface area contributed by atoms with Crippen LogP contribution < -0.4 is 10.6 Å². The van der Waals surface area contributed by atoms with Crippen molar-refractivity contribution in [1.29, 1.82) is 0 Å². The van der Waals surface area contributed by atoms with E-state index in [2.05, 4.69) is 10.6 Å². The Bertz CT molecular complexity index is 877. The molecule has 0 aliphatic carbocycles. The standard InChI is InChI=1S/C23H28N2O4/c1-15(2)13-20(25-22(28)19-10-5-4-7-16(19)3)23(29)24-18-9-6-8-17(14-18)11-12-21(26)27/h4-10,14-15,20H,11-13H2,1-3H3,(H,24,29)(H,25,28)(H,26,27). The van der Waals surface area contributed by atoms with Crippen molar-refractivity contribution >= 4 is 23.5 Å². The van der Waals surface area contributed by atoms with Crippen LogP contribution >= 0.6 is 0 Å². The number of carbonyl (C=O) groups is 3. The van der Waals surface area contributed by atoms with E-state index >= 15 is 0 Å². The van der Waals surface area contributed by atoms with Crippen LogP contribution in [0.1, 0.15) is 48.2 Å². The minimum Gasteiger partial charge on any atom is -0.481 e. The van der Waals surface area contributed by atoms with Crippen LogP contribution in [-0.2, 0) is 16.0 Å². The molecule has 0 saturated heterocycles. The molecule has 0 saturated carbocycles. The lowest BCUT2D eigenvalue weighted by Gasteiger charge is -2.21. The molecule has 2 aromatic rings. The Hall–Kier alpha value is -3.15. The summed E-state index contributed by atoms with van der Waals surface area (Å²) in [6.45, 7) is 5.84. The van der Waals surface area contributed by atoms with Gasteiger partial charge in [0.1, 0.15) is 6.04 Å². The molecule has 2 aromatic carbocycles. The van der Waals surface area contributed by atoms with Gasteiger partial charge in [0.05, 0.1) is 0 Å². The molecule has 0 heterocycles. The predicted molar refractivity (Wildman–Crippen MR) is 113 cm³/mol. The van der Waals surface area contributed by atoms with Crippen LogP contribution in [-0.4, -0.2) is 28.9 Å². The molecule has 29 heavy (non-hydrogen) atoms. The van der Waals surface area contributed by atoms with Crippen molar-refractivity contribution in [3.63, 3.8) is 0 Å². The van der Waals surface area contributed by atoms with Crippen LogP contribution in [0.4, 0.5) is 5.69 Å². The largest absolute Gasteiger partial charge is 0.481 e. The van der Waals surface area contributed by atoms with Gasteiger partial charge in [-0.1, -0.05) is 44.2 Å². The second kappa shape index (κ2) is 10.4. The Labute approximate surface area is 171 Å². The Balaban J connectivity index is 2.11. The molecule has 2 amide bonds. The zero-order valence-electron chi connectivity index (χ0n) is 17.1. The highest BCUT2D eigenvalue weighted by molar-refractivity contribution is 6.01. The van der Waals surface area contributed by atoms with Crippen molar-refractivity contribution in [1.82, 2.24) is 5.32 Å². The number of carbonyl (C=O) groups excluding carboxylic acids is 2. The quantitative estimate of drug-likeness (QED) is 0.601. The maximum atomic E-state index is 12.9.